The van der Waals surface area contributed by atoms with Crippen LogP contribution in [0, 0.1) is 5.92 Å². The van der Waals surface area contributed by atoms with Crippen molar-refractivity contribution in [3.05, 3.63) is 11.3 Å². The van der Waals surface area contributed by atoms with Crippen LogP contribution in [0.4, 0.5) is 4.79 Å². The van der Waals surface area contributed by atoms with Crippen molar-refractivity contribution < 1.29 is 19.4 Å². The van der Waals surface area contributed by atoms with Gasteiger partial charge in [-0.15, -0.1) is 0 Å². The number of rotatable bonds is 5. The highest BCUT2D eigenvalue weighted by atomic mass is 16.5. The van der Waals surface area contributed by atoms with Crippen molar-refractivity contribution in [3.63, 3.8) is 0 Å². The zero-order valence-corrected chi connectivity index (χ0v) is 12.5. The highest BCUT2D eigenvalue weighted by Gasteiger charge is 2.29. The molecule has 0 radical (unpaired) electrons. The molecule has 1 fully saturated rings. The number of hydrogen-bond acceptors (Lipinski definition) is 5. The molecule has 2 heterocycles. The molecule has 0 aromatic carbocycles. The molecule has 21 heavy (non-hydrogen) atoms. The molecule has 0 saturated carbocycles. The Morgan fingerprint density at radius 1 is 1.57 bits per heavy atom. The summed E-state index contributed by atoms with van der Waals surface area (Å²) in [5.74, 6) is -0.152. The van der Waals surface area contributed by atoms with E-state index in [1.165, 1.54) is 0 Å². The lowest BCUT2D eigenvalue weighted by Crippen LogP contribution is -2.46. The van der Waals surface area contributed by atoms with E-state index in [9.17, 15) is 14.7 Å². The number of nitrogens with one attached hydrogen (secondary N) is 2. The van der Waals surface area contributed by atoms with Gasteiger partial charge >= 0.3 is 12.0 Å². The number of hydrogen-bond donors (Lipinski definition) is 3. The molecule has 0 bridgehead atoms. The van der Waals surface area contributed by atoms with Crippen LogP contribution >= 0.6 is 0 Å². The minimum atomic E-state index is -0.397. The highest BCUT2D eigenvalue weighted by molar-refractivity contribution is 5.93. The highest BCUT2D eigenvalue weighted by Crippen LogP contribution is 2.21. The predicted octanol–water partition coefficient (Wildman–Crippen LogP) is -0.181. The molecule has 2 amide bonds. The molecule has 3 N–H and O–H groups in total. The third-order valence-corrected chi connectivity index (χ3v) is 3.95. The molecule has 0 aliphatic carbocycles. The van der Waals surface area contributed by atoms with E-state index in [-0.39, 0.29) is 24.6 Å². The third-order valence-electron chi connectivity index (χ3n) is 3.95. The Labute approximate surface area is 124 Å². The fourth-order valence-electron chi connectivity index (χ4n) is 2.70. The van der Waals surface area contributed by atoms with Crippen LogP contribution in [0.15, 0.2) is 11.3 Å². The Bertz CT molecular complexity index is 448. The number of ether oxygens (including phenoxy) is 1. The Morgan fingerprint density at radius 3 is 2.95 bits per heavy atom. The monoisotopic (exact) mass is 297 g/mol. The van der Waals surface area contributed by atoms with Crippen LogP contribution in [0.2, 0.25) is 0 Å². The summed E-state index contributed by atoms with van der Waals surface area (Å²) in [6.07, 6.45) is 0.586. The fourth-order valence-corrected chi connectivity index (χ4v) is 2.70. The van der Waals surface area contributed by atoms with Crippen LogP contribution in [0.5, 0.6) is 0 Å². The summed E-state index contributed by atoms with van der Waals surface area (Å²) in [6, 6.07) is -0.302. The maximum absolute atomic E-state index is 11.9. The van der Waals surface area contributed by atoms with Crippen molar-refractivity contribution in [1.29, 1.82) is 0 Å². The fraction of sp³-hybridized carbons (Fsp3) is 0.714. The average molecular weight is 297 g/mol. The minimum Gasteiger partial charge on any atom is -0.463 e. The standard InChI is InChI=1S/C14H23N3O4/c1-3-21-13(19)11-6-15-14(20)16-12(11)8-17-5-4-10(7-17)9(2)18/h9-10,18H,3-8H2,1-2H3,(H2,15,16,20). The van der Waals surface area contributed by atoms with Gasteiger partial charge in [0.05, 0.1) is 24.8 Å². The molecule has 0 aromatic rings. The molecule has 118 valence electrons. The van der Waals surface area contributed by atoms with Crippen molar-refractivity contribution in [2.75, 3.05) is 32.8 Å². The summed E-state index contributed by atoms with van der Waals surface area (Å²) in [6.45, 7) is 6.14. The van der Waals surface area contributed by atoms with Gasteiger partial charge in [0.25, 0.3) is 0 Å². The Kier molecular flexibility index (Phi) is 5.19. The summed E-state index contributed by atoms with van der Waals surface area (Å²) in [4.78, 5) is 25.5. The number of aliphatic hydroxyl groups is 1. The molecule has 2 rings (SSSR count). The Hall–Kier alpha value is -1.60. The summed E-state index contributed by atoms with van der Waals surface area (Å²) in [7, 11) is 0. The molecule has 2 unspecified atom stereocenters. The summed E-state index contributed by atoms with van der Waals surface area (Å²) >= 11 is 0. The molecule has 0 aromatic heterocycles. The van der Waals surface area contributed by atoms with Gasteiger partial charge in [-0.2, -0.15) is 0 Å². The third kappa shape index (κ3) is 3.95. The number of carbonyl (C=O) groups excluding carboxylic acids is 2. The minimum absolute atomic E-state index is 0.188. The zero-order chi connectivity index (χ0) is 15.4. The number of aliphatic hydroxyl groups excluding tert-OH is 1. The van der Waals surface area contributed by atoms with Crippen LogP contribution in [-0.4, -0.2) is 60.9 Å². The van der Waals surface area contributed by atoms with Crippen molar-refractivity contribution >= 4 is 12.0 Å². The van der Waals surface area contributed by atoms with Gasteiger partial charge in [0.1, 0.15) is 0 Å². The van der Waals surface area contributed by atoms with E-state index >= 15 is 0 Å². The second-order valence-corrected chi connectivity index (χ2v) is 5.51. The molecule has 2 aliphatic rings. The lowest BCUT2D eigenvalue weighted by Gasteiger charge is -2.25. The van der Waals surface area contributed by atoms with Crippen LogP contribution in [0.1, 0.15) is 20.3 Å². The van der Waals surface area contributed by atoms with Gasteiger partial charge in [-0.25, -0.2) is 9.59 Å². The van der Waals surface area contributed by atoms with E-state index in [0.717, 1.165) is 19.5 Å². The second-order valence-electron chi connectivity index (χ2n) is 5.51. The van der Waals surface area contributed by atoms with Gasteiger partial charge in [0.15, 0.2) is 0 Å². The first-order valence-corrected chi connectivity index (χ1v) is 7.35. The van der Waals surface area contributed by atoms with Gasteiger partial charge in [0, 0.05) is 18.8 Å². The Balaban J connectivity index is 2.06. The largest absolute Gasteiger partial charge is 0.463 e. The SMILES string of the molecule is CCOC(=O)C1=C(CN2CCC(C(C)O)C2)NC(=O)NC1. The molecule has 0 spiro atoms. The summed E-state index contributed by atoms with van der Waals surface area (Å²) in [5.41, 5.74) is 1.07. The van der Waals surface area contributed by atoms with Crippen molar-refractivity contribution in [2.45, 2.75) is 26.4 Å². The number of urea groups is 1. The average Bonchev–Trinajstić information content (AvgIpc) is 2.88. The molecule has 1 saturated heterocycles. The molecule has 2 aliphatic heterocycles. The van der Waals surface area contributed by atoms with E-state index in [2.05, 4.69) is 15.5 Å². The van der Waals surface area contributed by atoms with E-state index in [0.29, 0.717) is 24.4 Å². The van der Waals surface area contributed by atoms with Crippen LogP contribution < -0.4 is 10.6 Å². The number of amides is 2. The van der Waals surface area contributed by atoms with Crippen molar-refractivity contribution in [2.24, 2.45) is 5.92 Å². The predicted molar refractivity (Wildman–Crippen MR) is 76.4 cm³/mol. The number of nitrogens with zero attached hydrogens (tertiary/aromatic N) is 1. The van der Waals surface area contributed by atoms with Gasteiger partial charge in [-0.05, 0) is 32.7 Å². The molecule has 7 nitrogen and oxygen atoms in total. The Morgan fingerprint density at radius 2 is 2.33 bits per heavy atom. The molecule has 7 heteroatoms. The first-order chi connectivity index (χ1) is 10.0. The maximum atomic E-state index is 11.9. The van der Waals surface area contributed by atoms with Crippen molar-refractivity contribution in [1.82, 2.24) is 15.5 Å². The first kappa shape index (κ1) is 15.8. The summed E-state index contributed by atoms with van der Waals surface area (Å²) in [5, 5.41) is 14.9. The van der Waals surface area contributed by atoms with Gasteiger partial charge in [-0.1, -0.05) is 0 Å². The first-order valence-electron chi connectivity index (χ1n) is 7.35. The van der Waals surface area contributed by atoms with Crippen LogP contribution in [0.25, 0.3) is 0 Å². The lowest BCUT2D eigenvalue weighted by atomic mass is 10.0. The number of likely N-dealkylation sites (tertiary alicyclic amines) is 1. The normalized spacial score (nSPS) is 24.5. The molecular weight excluding hydrogens is 274 g/mol. The molecular formula is C14H23N3O4. The number of carbonyl (C=O) groups is 2. The topological polar surface area (TPSA) is 90.9 Å². The van der Waals surface area contributed by atoms with E-state index in [4.69, 9.17) is 4.74 Å². The zero-order valence-electron chi connectivity index (χ0n) is 12.5. The van der Waals surface area contributed by atoms with Crippen LogP contribution in [-0.2, 0) is 9.53 Å². The van der Waals surface area contributed by atoms with E-state index in [1.807, 2.05) is 0 Å². The van der Waals surface area contributed by atoms with E-state index in [1.54, 1.807) is 13.8 Å². The van der Waals surface area contributed by atoms with Crippen LogP contribution in [0.3, 0.4) is 0 Å². The maximum Gasteiger partial charge on any atom is 0.337 e. The lowest BCUT2D eigenvalue weighted by molar-refractivity contribution is -0.138. The smallest absolute Gasteiger partial charge is 0.337 e. The summed E-state index contributed by atoms with van der Waals surface area (Å²) < 4.78 is 5.02. The van der Waals surface area contributed by atoms with Gasteiger partial charge in [-0.3, -0.25) is 4.90 Å². The quantitative estimate of drug-likeness (QED) is 0.612. The second kappa shape index (κ2) is 6.91. The number of esters is 1. The van der Waals surface area contributed by atoms with Gasteiger partial charge < -0.3 is 20.5 Å². The van der Waals surface area contributed by atoms with E-state index < -0.39 is 5.97 Å². The van der Waals surface area contributed by atoms with Gasteiger partial charge in [0.2, 0.25) is 0 Å². The van der Waals surface area contributed by atoms with Crippen molar-refractivity contribution in [3.8, 4) is 0 Å². The molecule has 2 atom stereocenters.